The van der Waals surface area contributed by atoms with Crippen LogP contribution in [0.4, 0.5) is 0 Å². The number of thiophene rings is 1. The fraction of sp³-hybridized carbons (Fsp3) is 0.545. The Kier molecular flexibility index (Phi) is 2.95. The van der Waals surface area contributed by atoms with Gasteiger partial charge in [-0.15, -0.1) is 11.3 Å². The van der Waals surface area contributed by atoms with Crippen LogP contribution in [0.15, 0.2) is 0 Å². The highest BCUT2D eigenvalue weighted by molar-refractivity contribution is 7.14. The smallest absolute Gasteiger partial charge is 0.264 e. The second kappa shape index (κ2) is 4.23. The minimum atomic E-state index is -0.0359. The van der Waals surface area contributed by atoms with Gasteiger partial charge in [-0.1, -0.05) is 0 Å². The average molecular weight is 225 g/mol. The lowest BCUT2D eigenvalue weighted by Gasteiger charge is -2.11. The standard InChI is InChI=1S/C11H15NO2S/c1-12-11(13)10-9(14-2)7-5-3-4-6-8(7)15-10/h3-6H2,1-2H3,(H,12,13). The topological polar surface area (TPSA) is 38.3 Å². The predicted molar refractivity (Wildman–Crippen MR) is 60.9 cm³/mol. The first-order valence-electron chi connectivity index (χ1n) is 5.18. The molecule has 0 atom stereocenters. The zero-order valence-electron chi connectivity index (χ0n) is 9.05. The van der Waals surface area contributed by atoms with Crippen molar-refractivity contribution in [3.63, 3.8) is 0 Å². The SMILES string of the molecule is CNC(=O)c1sc2c(c1OC)CCCC2. The number of hydrogen-bond acceptors (Lipinski definition) is 3. The van der Waals surface area contributed by atoms with Crippen LogP contribution in [0, 0.1) is 0 Å². The van der Waals surface area contributed by atoms with Gasteiger partial charge in [0.25, 0.3) is 5.91 Å². The second-order valence-electron chi connectivity index (χ2n) is 3.65. The maximum Gasteiger partial charge on any atom is 0.264 e. The molecule has 1 aliphatic carbocycles. The van der Waals surface area contributed by atoms with Gasteiger partial charge in [0.15, 0.2) is 0 Å². The molecule has 82 valence electrons. The minimum absolute atomic E-state index is 0.0359. The van der Waals surface area contributed by atoms with Crippen molar-refractivity contribution in [2.24, 2.45) is 0 Å². The number of methoxy groups -OCH3 is 1. The third-order valence-corrected chi connectivity index (χ3v) is 4.03. The monoisotopic (exact) mass is 225 g/mol. The van der Waals surface area contributed by atoms with Crippen LogP contribution in [-0.4, -0.2) is 20.1 Å². The van der Waals surface area contributed by atoms with Crippen LogP contribution in [0.5, 0.6) is 5.75 Å². The second-order valence-corrected chi connectivity index (χ2v) is 4.76. The molecular formula is C11H15NO2S. The number of ether oxygens (including phenoxy) is 1. The highest BCUT2D eigenvalue weighted by Gasteiger charge is 2.24. The fourth-order valence-electron chi connectivity index (χ4n) is 2.02. The summed E-state index contributed by atoms with van der Waals surface area (Å²) < 4.78 is 5.36. The van der Waals surface area contributed by atoms with Crippen molar-refractivity contribution in [3.8, 4) is 5.75 Å². The van der Waals surface area contributed by atoms with E-state index >= 15 is 0 Å². The largest absolute Gasteiger partial charge is 0.495 e. The van der Waals surface area contributed by atoms with E-state index in [1.165, 1.54) is 23.3 Å². The predicted octanol–water partition coefficient (Wildman–Crippen LogP) is 2.00. The molecule has 0 saturated heterocycles. The summed E-state index contributed by atoms with van der Waals surface area (Å²) in [5, 5.41) is 2.66. The van der Waals surface area contributed by atoms with Gasteiger partial charge in [-0.3, -0.25) is 4.79 Å². The summed E-state index contributed by atoms with van der Waals surface area (Å²) in [6, 6.07) is 0. The van der Waals surface area contributed by atoms with Crippen LogP contribution in [0.25, 0.3) is 0 Å². The maximum absolute atomic E-state index is 11.6. The van der Waals surface area contributed by atoms with E-state index in [1.54, 1.807) is 25.5 Å². The van der Waals surface area contributed by atoms with E-state index in [0.29, 0.717) is 0 Å². The van der Waals surface area contributed by atoms with Gasteiger partial charge in [0, 0.05) is 17.5 Å². The van der Waals surface area contributed by atoms with Crippen LogP contribution >= 0.6 is 11.3 Å². The molecule has 2 rings (SSSR count). The van der Waals surface area contributed by atoms with E-state index in [9.17, 15) is 4.79 Å². The molecule has 0 aliphatic heterocycles. The van der Waals surface area contributed by atoms with E-state index < -0.39 is 0 Å². The molecule has 0 bridgehead atoms. The van der Waals surface area contributed by atoms with Gasteiger partial charge < -0.3 is 10.1 Å². The number of carbonyl (C=O) groups is 1. The van der Waals surface area contributed by atoms with E-state index in [-0.39, 0.29) is 5.91 Å². The molecule has 0 spiro atoms. The zero-order chi connectivity index (χ0) is 10.8. The van der Waals surface area contributed by atoms with E-state index in [4.69, 9.17) is 4.74 Å². The molecule has 1 N–H and O–H groups in total. The molecule has 0 aromatic carbocycles. The van der Waals surface area contributed by atoms with Gasteiger partial charge in [0.1, 0.15) is 10.6 Å². The number of amides is 1. The molecule has 0 radical (unpaired) electrons. The quantitative estimate of drug-likeness (QED) is 0.836. The average Bonchev–Trinajstić information content (AvgIpc) is 2.66. The summed E-state index contributed by atoms with van der Waals surface area (Å²) in [6.45, 7) is 0. The lowest BCUT2D eigenvalue weighted by atomic mass is 9.98. The molecule has 1 heterocycles. The number of fused-ring (bicyclic) bond motifs is 1. The summed E-state index contributed by atoms with van der Waals surface area (Å²) in [5.74, 6) is 0.764. The lowest BCUT2D eigenvalue weighted by Crippen LogP contribution is -2.17. The third kappa shape index (κ3) is 1.74. The molecule has 1 aliphatic rings. The van der Waals surface area contributed by atoms with E-state index in [0.717, 1.165) is 23.5 Å². The molecule has 0 saturated carbocycles. The summed E-state index contributed by atoms with van der Waals surface area (Å²) >= 11 is 1.58. The van der Waals surface area contributed by atoms with Gasteiger partial charge in [0.05, 0.1) is 7.11 Å². The Balaban J connectivity index is 2.46. The molecule has 0 unspecified atom stereocenters. The molecule has 1 amide bonds. The number of nitrogens with one attached hydrogen (secondary N) is 1. The van der Waals surface area contributed by atoms with Gasteiger partial charge in [-0.2, -0.15) is 0 Å². The molecule has 1 aromatic rings. The van der Waals surface area contributed by atoms with Crippen molar-refractivity contribution < 1.29 is 9.53 Å². The summed E-state index contributed by atoms with van der Waals surface area (Å²) in [4.78, 5) is 13.7. The Morgan fingerprint density at radius 3 is 2.80 bits per heavy atom. The molecular weight excluding hydrogens is 210 g/mol. The van der Waals surface area contributed by atoms with Crippen molar-refractivity contribution >= 4 is 17.2 Å². The van der Waals surface area contributed by atoms with Gasteiger partial charge in [-0.25, -0.2) is 0 Å². The highest BCUT2D eigenvalue weighted by Crippen LogP contribution is 2.39. The highest BCUT2D eigenvalue weighted by atomic mass is 32.1. The Hall–Kier alpha value is -1.03. The number of rotatable bonds is 2. The molecule has 4 heteroatoms. The third-order valence-electron chi connectivity index (χ3n) is 2.76. The fourth-order valence-corrected chi connectivity index (χ4v) is 3.32. The van der Waals surface area contributed by atoms with Gasteiger partial charge in [0.2, 0.25) is 0 Å². The first-order chi connectivity index (χ1) is 7.27. The van der Waals surface area contributed by atoms with Crippen LogP contribution in [-0.2, 0) is 12.8 Å². The zero-order valence-corrected chi connectivity index (χ0v) is 9.87. The molecule has 1 aromatic heterocycles. The Morgan fingerprint density at radius 1 is 1.40 bits per heavy atom. The summed E-state index contributed by atoms with van der Waals surface area (Å²) in [5.41, 5.74) is 1.26. The van der Waals surface area contributed by atoms with Crippen molar-refractivity contribution in [1.29, 1.82) is 0 Å². The summed E-state index contributed by atoms with van der Waals surface area (Å²) in [7, 11) is 3.30. The normalized spacial score (nSPS) is 14.5. The Labute approximate surface area is 93.4 Å². The van der Waals surface area contributed by atoms with Crippen molar-refractivity contribution in [1.82, 2.24) is 5.32 Å². The number of hydrogen-bond donors (Lipinski definition) is 1. The van der Waals surface area contributed by atoms with Crippen molar-refractivity contribution in [3.05, 3.63) is 15.3 Å². The molecule has 0 fully saturated rings. The van der Waals surface area contributed by atoms with E-state index in [2.05, 4.69) is 5.32 Å². The van der Waals surface area contributed by atoms with Crippen LogP contribution in [0.3, 0.4) is 0 Å². The first-order valence-corrected chi connectivity index (χ1v) is 6.00. The van der Waals surface area contributed by atoms with E-state index in [1.807, 2.05) is 0 Å². The van der Waals surface area contributed by atoms with Crippen LogP contribution < -0.4 is 10.1 Å². The Morgan fingerprint density at radius 2 is 2.13 bits per heavy atom. The summed E-state index contributed by atoms with van der Waals surface area (Å²) in [6.07, 6.45) is 4.57. The first kappa shape index (κ1) is 10.5. The molecule has 15 heavy (non-hydrogen) atoms. The minimum Gasteiger partial charge on any atom is -0.495 e. The van der Waals surface area contributed by atoms with Crippen LogP contribution in [0.2, 0.25) is 0 Å². The van der Waals surface area contributed by atoms with Crippen molar-refractivity contribution in [2.75, 3.05) is 14.2 Å². The van der Waals surface area contributed by atoms with Gasteiger partial charge >= 0.3 is 0 Å². The van der Waals surface area contributed by atoms with Crippen molar-refractivity contribution in [2.45, 2.75) is 25.7 Å². The Bertz CT molecular complexity index is 384. The maximum atomic E-state index is 11.6. The number of aryl methyl sites for hydroxylation is 1. The molecule has 3 nitrogen and oxygen atoms in total. The van der Waals surface area contributed by atoms with Gasteiger partial charge in [-0.05, 0) is 25.7 Å². The number of carbonyl (C=O) groups excluding carboxylic acids is 1. The van der Waals surface area contributed by atoms with Crippen LogP contribution in [0.1, 0.15) is 33.0 Å². The lowest BCUT2D eigenvalue weighted by molar-refractivity contribution is 0.0964.